The highest BCUT2D eigenvalue weighted by Crippen LogP contribution is 2.36. The summed E-state index contributed by atoms with van der Waals surface area (Å²) in [6.45, 7) is 0. The van der Waals surface area contributed by atoms with E-state index in [9.17, 15) is 19.2 Å². The minimum Gasteiger partial charge on any atom is -0.386 e. The number of allylic oxidation sites excluding steroid dienone is 4. The molecule has 0 N–H and O–H groups in total. The normalized spacial score (nSPS) is 25.9. The molecule has 0 spiro atoms. The quantitative estimate of drug-likeness (QED) is 0.582. The molecule has 1 aromatic carbocycles. The molecule has 2 atom stereocenters. The van der Waals surface area contributed by atoms with Crippen molar-refractivity contribution in [3.63, 3.8) is 0 Å². The van der Waals surface area contributed by atoms with Crippen LogP contribution in [0.25, 0.3) is 5.57 Å². The topological polar surface area (TPSA) is 77.5 Å². The highest BCUT2D eigenvalue weighted by Gasteiger charge is 2.40. The van der Waals surface area contributed by atoms with E-state index in [1.807, 2.05) is 0 Å². The van der Waals surface area contributed by atoms with Crippen LogP contribution in [0.15, 0.2) is 36.4 Å². The van der Waals surface area contributed by atoms with Gasteiger partial charge in [-0.1, -0.05) is 24.3 Å². The molecule has 0 aromatic heterocycles. The summed E-state index contributed by atoms with van der Waals surface area (Å²) in [7, 11) is 0. The number of ether oxygens (including phenoxy) is 1. The maximum atomic E-state index is 11.9. The van der Waals surface area contributed by atoms with Gasteiger partial charge in [0.05, 0.1) is 23.5 Å². The van der Waals surface area contributed by atoms with E-state index in [-0.39, 0.29) is 35.0 Å². The molecule has 1 heterocycles. The average Bonchev–Trinajstić information content (AvgIpc) is 2.96. The summed E-state index contributed by atoms with van der Waals surface area (Å²) < 4.78 is 4.56. The summed E-state index contributed by atoms with van der Waals surface area (Å²) in [4.78, 5) is 46.6. The van der Waals surface area contributed by atoms with Gasteiger partial charge < -0.3 is 4.74 Å². The molecule has 3 aliphatic rings. The third-order valence-corrected chi connectivity index (χ3v) is 4.30. The van der Waals surface area contributed by atoms with E-state index in [2.05, 4.69) is 4.74 Å². The van der Waals surface area contributed by atoms with Crippen molar-refractivity contribution < 1.29 is 23.9 Å². The lowest BCUT2D eigenvalue weighted by atomic mass is 9.85. The van der Waals surface area contributed by atoms with Crippen molar-refractivity contribution in [2.45, 2.75) is 6.42 Å². The van der Waals surface area contributed by atoms with Crippen LogP contribution in [0.2, 0.25) is 0 Å². The highest BCUT2D eigenvalue weighted by molar-refractivity contribution is 6.15. The zero-order valence-electron chi connectivity index (χ0n) is 11.4. The van der Waals surface area contributed by atoms with E-state index in [4.69, 9.17) is 0 Å². The number of esters is 2. The zero-order valence-corrected chi connectivity index (χ0v) is 11.4. The fourth-order valence-corrected chi connectivity index (χ4v) is 3.15. The fraction of sp³-hybridized carbons (Fsp3) is 0.176. The van der Waals surface area contributed by atoms with Gasteiger partial charge in [-0.3, -0.25) is 9.59 Å². The van der Waals surface area contributed by atoms with Gasteiger partial charge in [-0.05, 0) is 23.3 Å². The molecule has 1 aromatic rings. The van der Waals surface area contributed by atoms with Gasteiger partial charge in [0.1, 0.15) is 11.6 Å². The lowest BCUT2D eigenvalue weighted by molar-refractivity contribution is -0.122. The third-order valence-electron chi connectivity index (χ3n) is 4.30. The molecule has 0 saturated heterocycles. The molecule has 0 amide bonds. The molecule has 1 saturated carbocycles. The van der Waals surface area contributed by atoms with Crippen LogP contribution in [-0.2, 0) is 14.3 Å². The number of hydrogen-bond donors (Lipinski definition) is 0. The van der Waals surface area contributed by atoms with E-state index in [0.29, 0.717) is 5.56 Å². The van der Waals surface area contributed by atoms with E-state index < -0.39 is 17.9 Å². The number of ketones is 2. The minimum absolute atomic E-state index is 0.0194. The highest BCUT2D eigenvalue weighted by atomic mass is 16.6. The van der Waals surface area contributed by atoms with Crippen LogP contribution < -0.4 is 0 Å². The Labute approximate surface area is 125 Å². The molecule has 0 bridgehead atoms. The van der Waals surface area contributed by atoms with Crippen molar-refractivity contribution in [1.29, 1.82) is 0 Å². The van der Waals surface area contributed by atoms with Gasteiger partial charge in [0.25, 0.3) is 0 Å². The molecule has 108 valence electrons. The van der Waals surface area contributed by atoms with Gasteiger partial charge in [0, 0.05) is 5.92 Å². The van der Waals surface area contributed by atoms with Crippen LogP contribution in [0.1, 0.15) is 32.7 Å². The van der Waals surface area contributed by atoms with Crippen LogP contribution in [0, 0.1) is 11.8 Å². The number of cyclic esters (lactones) is 2. The molecule has 1 fully saturated rings. The number of carbonyl (C=O) groups excluding carboxylic acids is 4. The predicted molar refractivity (Wildman–Crippen MR) is 74.9 cm³/mol. The molecule has 5 heteroatoms. The Morgan fingerprint density at radius 2 is 1.64 bits per heavy atom. The lowest BCUT2D eigenvalue weighted by Gasteiger charge is -2.17. The Hall–Kier alpha value is -2.82. The van der Waals surface area contributed by atoms with E-state index in [1.54, 1.807) is 36.4 Å². The third kappa shape index (κ3) is 1.72. The smallest absolute Gasteiger partial charge is 0.346 e. The van der Waals surface area contributed by atoms with Crippen molar-refractivity contribution in [3.05, 3.63) is 53.1 Å². The summed E-state index contributed by atoms with van der Waals surface area (Å²) in [5, 5.41) is 0. The SMILES string of the molecule is O=C1OC(=O)c2cc(C3=CC4C(=O)CC(=O)C4C=C3)ccc21. The van der Waals surface area contributed by atoms with Crippen LogP contribution in [-0.4, -0.2) is 23.5 Å². The number of hydrogen-bond acceptors (Lipinski definition) is 5. The number of rotatable bonds is 1. The summed E-state index contributed by atoms with van der Waals surface area (Å²) in [5.41, 5.74) is 1.96. The molecular formula is C17H10O5. The van der Waals surface area contributed by atoms with Crippen molar-refractivity contribution in [3.8, 4) is 0 Å². The molecule has 2 aliphatic carbocycles. The second kappa shape index (κ2) is 4.34. The standard InChI is InChI=1S/C17H10O5/c18-14-7-15(19)12-5-8(1-3-10(12)14)9-2-4-11-13(6-9)17(21)22-16(11)20/h1-6,10,12H,7H2. The predicted octanol–water partition coefficient (Wildman–Crippen LogP) is 1.72. The molecule has 22 heavy (non-hydrogen) atoms. The minimum atomic E-state index is -0.660. The van der Waals surface area contributed by atoms with Crippen molar-refractivity contribution >= 4 is 29.1 Å². The first-order valence-electron chi connectivity index (χ1n) is 6.91. The summed E-state index contributed by atoms with van der Waals surface area (Å²) in [6, 6.07) is 4.83. The van der Waals surface area contributed by atoms with Crippen LogP contribution >= 0.6 is 0 Å². The second-order valence-corrected chi connectivity index (χ2v) is 5.58. The van der Waals surface area contributed by atoms with Gasteiger partial charge in [0.15, 0.2) is 0 Å². The Morgan fingerprint density at radius 1 is 0.909 bits per heavy atom. The average molecular weight is 294 g/mol. The van der Waals surface area contributed by atoms with Crippen molar-refractivity contribution in [2.24, 2.45) is 11.8 Å². The number of benzene rings is 1. The molecule has 4 rings (SSSR count). The maximum absolute atomic E-state index is 11.9. The Bertz CT molecular complexity index is 827. The molecule has 2 unspecified atom stereocenters. The van der Waals surface area contributed by atoms with Crippen LogP contribution in [0.4, 0.5) is 0 Å². The Kier molecular flexibility index (Phi) is 2.54. The van der Waals surface area contributed by atoms with Crippen molar-refractivity contribution in [1.82, 2.24) is 0 Å². The van der Waals surface area contributed by atoms with Gasteiger partial charge in [-0.2, -0.15) is 0 Å². The first-order valence-corrected chi connectivity index (χ1v) is 6.91. The van der Waals surface area contributed by atoms with Crippen LogP contribution in [0.3, 0.4) is 0 Å². The fourth-order valence-electron chi connectivity index (χ4n) is 3.15. The largest absolute Gasteiger partial charge is 0.386 e. The first kappa shape index (κ1) is 12.9. The van der Waals surface area contributed by atoms with E-state index in [1.165, 1.54) is 0 Å². The Balaban J connectivity index is 1.75. The lowest BCUT2D eigenvalue weighted by Crippen LogP contribution is -2.16. The summed E-state index contributed by atoms with van der Waals surface area (Å²) in [6.07, 6.45) is 5.27. The number of carbonyl (C=O) groups is 4. The molecule has 1 aliphatic heterocycles. The van der Waals surface area contributed by atoms with E-state index in [0.717, 1.165) is 5.57 Å². The van der Waals surface area contributed by atoms with Crippen molar-refractivity contribution in [2.75, 3.05) is 0 Å². The molecule has 0 radical (unpaired) electrons. The van der Waals surface area contributed by atoms with Gasteiger partial charge in [0.2, 0.25) is 0 Å². The zero-order chi connectivity index (χ0) is 15.4. The molecular weight excluding hydrogens is 284 g/mol. The van der Waals surface area contributed by atoms with Gasteiger partial charge in [-0.15, -0.1) is 0 Å². The number of Topliss-reactive ketones (excluding diaryl/α,β-unsaturated/α-hetero) is 2. The summed E-state index contributed by atoms with van der Waals surface area (Å²) in [5.74, 6) is -2.22. The van der Waals surface area contributed by atoms with Gasteiger partial charge in [-0.25, -0.2) is 9.59 Å². The van der Waals surface area contributed by atoms with E-state index >= 15 is 0 Å². The Morgan fingerprint density at radius 3 is 2.45 bits per heavy atom. The number of fused-ring (bicyclic) bond motifs is 2. The van der Waals surface area contributed by atoms with Crippen LogP contribution in [0.5, 0.6) is 0 Å². The first-order chi connectivity index (χ1) is 10.5. The summed E-state index contributed by atoms with van der Waals surface area (Å²) >= 11 is 0. The second-order valence-electron chi connectivity index (χ2n) is 5.58. The molecule has 5 nitrogen and oxygen atoms in total. The monoisotopic (exact) mass is 294 g/mol. The van der Waals surface area contributed by atoms with Gasteiger partial charge >= 0.3 is 11.9 Å². The maximum Gasteiger partial charge on any atom is 0.346 e.